The predicted molar refractivity (Wildman–Crippen MR) is 77.1 cm³/mol. The van der Waals surface area contributed by atoms with Crippen molar-refractivity contribution in [2.75, 3.05) is 0 Å². The molecule has 1 aliphatic carbocycles. The van der Waals surface area contributed by atoms with Gasteiger partial charge in [-0.2, -0.15) is 0 Å². The third kappa shape index (κ3) is 2.83. The molecule has 0 spiro atoms. The van der Waals surface area contributed by atoms with Gasteiger partial charge >= 0.3 is 5.69 Å². The molecule has 19 heavy (non-hydrogen) atoms. The van der Waals surface area contributed by atoms with Crippen LogP contribution in [0.4, 0.5) is 0 Å². The van der Waals surface area contributed by atoms with E-state index in [1.54, 1.807) is 10.6 Å². The van der Waals surface area contributed by atoms with E-state index >= 15 is 0 Å². The van der Waals surface area contributed by atoms with Crippen LogP contribution < -0.4 is 5.69 Å². The van der Waals surface area contributed by atoms with E-state index < -0.39 is 0 Å². The molecule has 1 fully saturated rings. The Bertz CT molecular complexity index is 663. The van der Waals surface area contributed by atoms with Crippen molar-refractivity contribution in [3.63, 3.8) is 0 Å². The lowest BCUT2D eigenvalue weighted by Crippen LogP contribution is -2.16. The van der Waals surface area contributed by atoms with Crippen LogP contribution in [0.3, 0.4) is 0 Å². The molecule has 1 aromatic carbocycles. The van der Waals surface area contributed by atoms with Crippen molar-refractivity contribution < 1.29 is 0 Å². The monoisotopic (exact) mass is 315 g/mol. The van der Waals surface area contributed by atoms with E-state index in [4.69, 9.17) is 23.2 Å². The van der Waals surface area contributed by atoms with Crippen LogP contribution in [0.5, 0.6) is 0 Å². The van der Waals surface area contributed by atoms with Gasteiger partial charge in [-0.15, -0.1) is 5.10 Å². The van der Waals surface area contributed by atoms with Crippen LogP contribution >= 0.6 is 35.0 Å². The first-order valence-electron chi connectivity index (χ1n) is 5.89. The Balaban J connectivity index is 1.75. The molecule has 4 nitrogen and oxygen atoms in total. The number of halogens is 2. The maximum Gasteiger partial charge on any atom is 0.344 e. The standard InChI is InChI=1S/C12H11Cl2N3OS/c13-9-4-1-7(5-10(9)14)6-19-12-16-15-11(18)17(12)8-2-3-8/h1,4-5,8H,2-3,6H2,(H,15,18). The number of rotatable bonds is 4. The summed E-state index contributed by atoms with van der Waals surface area (Å²) in [6.07, 6.45) is 2.11. The summed E-state index contributed by atoms with van der Waals surface area (Å²) < 4.78 is 1.74. The molecule has 1 aromatic heterocycles. The second-order valence-corrected chi connectivity index (χ2v) is 6.21. The summed E-state index contributed by atoms with van der Waals surface area (Å²) in [4.78, 5) is 11.6. The van der Waals surface area contributed by atoms with Crippen molar-refractivity contribution in [3.8, 4) is 0 Å². The highest BCUT2D eigenvalue weighted by Gasteiger charge is 2.28. The summed E-state index contributed by atoms with van der Waals surface area (Å²) in [5.74, 6) is 0.702. The van der Waals surface area contributed by atoms with Crippen molar-refractivity contribution in [2.45, 2.75) is 29.8 Å². The predicted octanol–water partition coefficient (Wildman–Crippen LogP) is 3.51. The Kier molecular flexibility index (Phi) is 3.60. The average molecular weight is 316 g/mol. The van der Waals surface area contributed by atoms with Crippen molar-refractivity contribution in [2.24, 2.45) is 0 Å². The van der Waals surface area contributed by atoms with E-state index in [2.05, 4.69) is 10.2 Å². The maximum atomic E-state index is 11.6. The molecule has 1 aliphatic rings. The van der Waals surface area contributed by atoms with Crippen LogP contribution in [0.25, 0.3) is 0 Å². The summed E-state index contributed by atoms with van der Waals surface area (Å²) in [5, 5.41) is 8.39. The van der Waals surface area contributed by atoms with Crippen molar-refractivity contribution in [1.29, 1.82) is 0 Å². The van der Waals surface area contributed by atoms with Crippen LogP contribution in [0, 0.1) is 0 Å². The smallest absolute Gasteiger partial charge is 0.267 e. The molecule has 2 aromatic rings. The van der Waals surface area contributed by atoms with E-state index in [-0.39, 0.29) is 5.69 Å². The van der Waals surface area contributed by atoms with E-state index in [9.17, 15) is 4.79 Å². The summed E-state index contributed by atoms with van der Waals surface area (Å²) in [7, 11) is 0. The molecular weight excluding hydrogens is 305 g/mol. The van der Waals surface area contributed by atoms with Gasteiger partial charge in [0.15, 0.2) is 5.16 Å². The zero-order valence-electron chi connectivity index (χ0n) is 9.90. The van der Waals surface area contributed by atoms with E-state index in [0.717, 1.165) is 23.6 Å². The third-order valence-corrected chi connectivity index (χ3v) is 4.70. The normalized spacial score (nSPS) is 14.8. The highest BCUT2D eigenvalue weighted by atomic mass is 35.5. The largest absolute Gasteiger partial charge is 0.344 e. The Morgan fingerprint density at radius 2 is 2.16 bits per heavy atom. The summed E-state index contributed by atoms with van der Waals surface area (Å²) in [6.45, 7) is 0. The van der Waals surface area contributed by atoms with E-state index in [0.29, 0.717) is 21.8 Å². The van der Waals surface area contributed by atoms with Gasteiger partial charge in [-0.1, -0.05) is 41.0 Å². The Morgan fingerprint density at radius 3 is 2.84 bits per heavy atom. The second kappa shape index (κ2) is 5.23. The van der Waals surface area contributed by atoms with Gasteiger partial charge in [0.05, 0.1) is 10.0 Å². The first-order valence-corrected chi connectivity index (χ1v) is 7.63. The maximum absolute atomic E-state index is 11.6. The number of hydrogen-bond donors (Lipinski definition) is 1. The lowest BCUT2D eigenvalue weighted by Gasteiger charge is -2.04. The van der Waals surface area contributed by atoms with Crippen molar-refractivity contribution >= 4 is 35.0 Å². The molecule has 0 aliphatic heterocycles. The summed E-state index contributed by atoms with van der Waals surface area (Å²) >= 11 is 13.4. The highest BCUT2D eigenvalue weighted by molar-refractivity contribution is 7.98. The highest BCUT2D eigenvalue weighted by Crippen LogP contribution is 2.36. The molecule has 3 rings (SSSR count). The van der Waals surface area contributed by atoms with Crippen molar-refractivity contribution in [3.05, 3.63) is 44.3 Å². The number of aromatic amines is 1. The zero-order valence-corrected chi connectivity index (χ0v) is 12.2. The van der Waals surface area contributed by atoms with Gasteiger partial charge in [-0.25, -0.2) is 9.89 Å². The van der Waals surface area contributed by atoms with Crippen LogP contribution in [0.2, 0.25) is 10.0 Å². The number of nitrogens with one attached hydrogen (secondary N) is 1. The fraction of sp³-hybridized carbons (Fsp3) is 0.333. The lowest BCUT2D eigenvalue weighted by atomic mass is 10.2. The van der Waals surface area contributed by atoms with Gasteiger partial charge in [0.25, 0.3) is 0 Å². The molecular formula is C12H11Cl2N3OS. The second-order valence-electron chi connectivity index (χ2n) is 4.45. The van der Waals surface area contributed by atoms with Gasteiger partial charge in [-0.3, -0.25) is 4.57 Å². The van der Waals surface area contributed by atoms with E-state index in [1.165, 1.54) is 11.8 Å². The Hall–Kier alpha value is -0.910. The molecule has 1 saturated carbocycles. The lowest BCUT2D eigenvalue weighted by molar-refractivity contribution is 0.642. The number of hydrogen-bond acceptors (Lipinski definition) is 3. The molecule has 0 radical (unpaired) electrons. The minimum absolute atomic E-state index is 0.126. The Morgan fingerprint density at radius 1 is 1.37 bits per heavy atom. The third-order valence-electron chi connectivity index (χ3n) is 2.94. The van der Waals surface area contributed by atoms with Crippen molar-refractivity contribution in [1.82, 2.24) is 14.8 Å². The molecule has 0 saturated heterocycles. The molecule has 0 bridgehead atoms. The SMILES string of the molecule is O=c1[nH]nc(SCc2ccc(Cl)c(Cl)c2)n1C1CC1. The van der Waals surface area contributed by atoms with Crippen LogP contribution in [-0.4, -0.2) is 14.8 Å². The van der Waals surface area contributed by atoms with Gasteiger partial charge in [-0.05, 0) is 30.5 Å². The topological polar surface area (TPSA) is 50.7 Å². The zero-order chi connectivity index (χ0) is 13.4. The molecule has 0 unspecified atom stereocenters. The summed E-state index contributed by atoms with van der Waals surface area (Å²) in [6, 6.07) is 5.86. The number of H-pyrrole nitrogens is 1. The Labute approximate surface area is 124 Å². The van der Waals surface area contributed by atoms with Gasteiger partial charge in [0.1, 0.15) is 0 Å². The van der Waals surface area contributed by atoms with Crippen LogP contribution in [0.15, 0.2) is 28.2 Å². The fourth-order valence-electron chi connectivity index (χ4n) is 1.82. The number of nitrogens with zero attached hydrogens (tertiary/aromatic N) is 2. The van der Waals surface area contributed by atoms with Gasteiger partial charge in [0.2, 0.25) is 0 Å². The van der Waals surface area contributed by atoms with Crippen LogP contribution in [-0.2, 0) is 5.75 Å². The quantitative estimate of drug-likeness (QED) is 0.878. The molecule has 1 heterocycles. The average Bonchev–Trinajstić information content (AvgIpc) is 3.15. The first-order chi connectivity index (χ1) is 9.15. The molecule has 0 atom stereocenters. The van der Waals surface area contributed by atoms with Gasteiger partial charge in [0, 0.05) is 11.8 Å². The number of thioether (sulfide) groups is 1. The molecule has 100 valence electrons. The molecule has 1 N–H and O–H groups in total. The van der Waals surface area contributed by atoms with Crippen LogP contribution in [0.1, 0.15) is 24.4 Å². The number of benzene rings is 1. The first kappa shape index (κ1) is 13.1. The van der Waals surface area contributed by atoms with Gasteiger partial charge < -0.3 is 0 Å². The molecule has 7 heteroatoms. The minimum Gasteiger partial charge on any atom is -0.267 e. The molecule has 0 amide bonds. The summed E-state index contributed by atoms with van der Waals surface area (Å²) in [5.41, 5.74) is 0.927. The number of aromatic nitrogens is 3. The minimum atomic E-state index is -0.126. The van der Waals surface area contributed by atoms with E-state index in [1.807, 2.05) is 12.1 Å². The fourth-order valence-corrected chi connectivity index (χ4v) is 3.10.